The van der Waals surface area contributed by atoms with Crippen LogP contribution < -0.4 is 10.6 Å². The van der Waals surface area contributed by atoms with Crippen molar-refractivity contribution in [1.29, 1.82) is 0 Å². The molecule has 152 valence electrons. The maximum atomic E-state index is 13.3. The summed E-state index contributed by atoms with van der Waals surface area (Å²) in [6.45, 7) is 4.63. The molecule has 4 rings (SSSR count). The molecule has 0 amide bonds. The van der Waals surface area contributed by atoms with Crippen LogP contribution in [0.3, 0.4) is 0 Å². The quantitative estimate of drug-likeness (QED) is 0.500. The minimum absolute atomic E-state index is 0.110. The van der Waals surface area contributed by atoms with Gasteiger partial charge in [0, 0.05) is 49.8 Å². The van der Waals surface area contributed by atoms with E-state index in [4.69, 9.17) is 5.73 Å². The van der Waals surface area contributed by atoms with E-state index in [2.05, 4.69) is 19.4 Å². The van der Waals surface area contributed by atoms with Gasteiger partial charge in [0.25, 0.3) is 0 Å². The van der Waals surface area contributed by atoms with Gasteiger partial charge in [-0.3, -0.25) is 15.0 Å². The topological polar surface area (TPSA) is 106 Å². The van der Waals surface area contributed by atoms with Crippen molar-refractivity contribution >= 4 is 28.2 Å². The molecule has 0 spiro atoms. The first-order chi connectivity index (χ1) is 14.0. The van der Waals surface area contributed by atoms with Gasteiger partial charge in [-0.15, -0.1) is 0 Å². The molecule has 3 heterocycles. The first kappa shape index (κ1) is 19.1. The second-order valence-electron chi connectivity index (χ2n) is 7.08. The third kappa shape index (κ3) is 3.97. The molecule has 1 aliphatic heterocycles. The van der Waals surface area contributed by atoms with Crippen LogP contribution >= 0.6 is 0 Å². The summed E-state index contributed by atoms with van der Waals surface area (Å²) in [4.78, 5) is 22.8. The number of nitro groups is 1. The molecule has 1 saturated heterocycles. The van der Waals surface area contributed by atoms with Crippen molar-refractivity contribution < 1.29 is 9.31 Å². The van der Waals surface area contributed by atoms with Crippen molar-refractivity contribution in [2.75, 3.05) is 43.4 Å². The van der Waals surface area contributed by atoms with E-state index in [1.807, 2.05) is 23.2 Å². The molecule has 0 unspecified atom stereocenters. The summed E-state index contributed by atoms with van der Waals surface area (Å²) in [6, 6.07) is 6.77. The Balaban J connectivity index is 1.31. The van der Waals surface area contributed by atoms with Crippen LogP contribution in [0.1, 0.15) is 6.42 Å². The van der Waals surface area contributed by atoms with Crippen LogP contribution in [0.25, 0.3) is 10.9 Å². The van der Waals surface area contributed by atoms with E-state index in [1.165, 1.54) is 12.4 Å². The number of nitrogen functional groups attached to an aromatic ring is 1. The number of halogens is 1. The number of nitrogens with two attached hydrogens (primary N) is 1. The van der Waals surface area contributed by atoms with Gasteiger partial charge in [0.15, 0.2) is 0 Å². The average molecular weight is 399 g/mol. The van der Waals surface area contributed by atoms with E-state index in [-0.39, 0.29) is 23.1 Å². The zero-order valence-electron chi connectivity index (χ0n) is 15.9. The number of anilines is 2. The molecule has 0 atom stereocenters. The van der Waals surface area contributed by atoms with Crippen LogP contribution in [0.5, 0.6) is 0 Å². The van der Waals surface area contributed by atoms with E-state index in [0.717, 1.165) is 43.5 Å². The molecule has 1 aromatic carbocycles. The fourth-order valence-electron chi connectivity index (χ4n) is 3.80. The zero-order valence-corrected chi connectivity index (χ0v) is 15.9. The normalized spacial score (nSPS) is 15.1. The number of hydrogen-bond donors (Lipinski definition) is 1. The van der Waals surface area contributed by atoms with Crippen molar-refractivity contribution in [3.8, 4) is 0 Å². The lowest BCUT2D eigenvalue weighted by Gasteiger charge is -2.35. The standard InChI is InChI=1S/C19H22FN7O2/c20-15-2-3-16-14(12-15)4-7-25(16)6-1-5-24-8-10-26(11-9-24)19-17(27(28)29)18(21)22-13-23-19/h2-4,7,12-13H,1,5-6,8-11H2,(H2,21,22,23). The Hall–Kier alpha value is -3.27. The van der Waals surface area contributed by atoms with Gasteiger partial charge in [-0.1, -0.05) is 0 Å². The summed E-state index contributed by atoms with van der Waals surface area (Å²) >= 11 is 0. The van der Waals surface area contributed by atoms with E-state index in [0.29, 0.717) is 13.1 Å². The summed E-state index contributed by atoms with van der Waals surface area (Å²) in [5.41, 5.74) is 6.47. The summed E-state index contributed by atoms with van der Waals surface area (Å²) in [5, 5.41) is 12.2. The van der Waals surface area contributed by atoms with Crippen molar-refractivity contribution in [1.82, 2.24) is 19.4 Å². The highest BCUT2D eigenvalue weighted by atomic mass is 19.1. The minimum Gasteiger partial charge on any atom is -0.378 e. The molecular weight excluding hydrogens is 377 g/mol. The molecule has 2 aromatic heterocycles. The van der Waals surface area contributed by atoms with E-state index < -0.39 is 4.92 Å². The Kier molecular flexibility index (Phi) is 5.26. The van der Waals surface area contributed by atoms with Gasteiger partial charge in [0.2, 0.25) is 11.6 Å². The molecule has 10 heteroatoms. The molecule has 29 heavy (non-hydrogen) atoms. The number of fused-ring (bicyclic) bond motifs is 1. The van der Waals surface area contributed by atoms with E-state index in [1.54, 1.807) is 6.07 Å². The van der Waals surface area contributed by atoms with Crippen molar-refractivity contribution in [3.05, 3.63) is 52.7 Å². The fourth-order valence-corrected chi connectivity index (χ4v) is 3.80. The SMILES string of the molecule is Nc1ncnc(N2CCN(CCCn3ccc4cc(F)ccc43)CC2)c1[N+](=O)[O-]. The Labute approximate surface area is 166 Å². The Morgan fingerprint density at radius 1 is 1.14 bits per heavy atom. The summed E-state index contributed by atoms with van der Waals surface area (Å²) in [7, 11) is 0. The van der Waals surface area contributed by atoms with E-state index in [9.17, 15) is 14.5 Å². The second-order valence-corrected chi connectivity index (χ2v) is 7.08. The minimum atomic E-state index is -0.523. The van der Waals surface area contributed by atoms with Crippen LogP contribution in [-0.4, -0.2) is 57.1 Å². The molecule has 0 saturated carbocycles. The number of rotatable bonds is 6. The van der Waals surface area contributed by atoms with Crippen LogP contribution in [0.2, 0.25) is 0 Å². The lowest BCUT2D eigenvalue weighted by Crippen LogP contribution is -2.47. The lowest BCUT2D eigenvalue weighted by atomic mass is 10.2. The second kappa shape index (κ2) is 8.00. The van der Waals surface area contributed by atoms with Gasteiger partial charge >= 0.3 is 5.69 Å². The smallest absolute Gasteiger partial charge is 0.353 e. The summed E-state index contributed by atoms with van der Waals surface area (Å²) < 4.78 is 15.5. The van der Waals surface area contributed by atoms with Gasteiger partial charge in [-0.05, 0) is 37.2 Å². The van der Waals surface area contributed by atoms with Gasteiger partial charge in [0.1, 0.15) is 12.1 Å². The van der Waals surface area contributed by atoms with Crippen molar-refractivity contribution in [2.24, 2.45) is 0 Å². The number of benzene rings is 1. The Morgan fingerprint density at radius 3 is 2.69 bits per heavy atom. The monoisotopic (exact) mass is 399 g/mol. The predicted octanol–water partition coefficient (Wildman–Crippen LogP) is 2.27. The van der Waals surface area contributed by atoms with Crippen LogP contribution in [0.4, 0.5) is 21.7 Å². The maximum Gasteiger partial charge on any atom is 0.353 e. The molecular formula is C19H22FN7O2. The highest BCUT2D eigenvalue weighted by Gasteiger charge is 2.27. The Bertz CT molecular complexity index is 1030. The van der Waals surface area contributed by atoms with Gasteiger partial charge in [-0.2, -0.15) is 0 Å². The zero-order chi connectivity index (χ0) is 20.4. The maximum absolute atomic E-state index is 13.3. The molecule has 0 aliphatic carbocycles. The molecule has 1 aliphatic rings. The highest BCUT2D eigenvalue weighted by molar-refractivity contribution is 5.80. The Morgan fingerprint density at radius 2 is 1.93 bits per heavy atom. The number of nitrogens with zero attached hydrogens (tertiary/aromatic N) is 6. The summed E-state index contributed by atoms with van der Waals surface area (Å²) in [5.74, 6) is -0.0479. The average Bonchev–Trinajstić information content (AvgIpc) is 3.10. The first-order valence-corrected chi connectivity index (χ1v) is 9.49. The van der Waals surface area contributed by atoms with Crippen LogP contribution in [0, 0.1) is 15.9 Å². The molecule has 9 nitrogen and oxygen atoms in total. The predicted molar refractivity (Wildman–Crippen MR) is 108 cm³/mol. The van der Waals surface area contributed by atoms with Gasteiger partial charge in [0.05, 0.1) is 4.92 Å². The molecule has 0 radical (unpaired) electrons. The molecule has 1 fully saturated rings. The van der Waals surface area contributed by atoms with Crippen LogP contribution in [0.15, 0.2) is 36.8 Å². The van der Waals surface area contributed by atoms with Gasteiger partial charge in [-0.25, -0.2) is 14.4 Å². The third-order valence-corrected chi connectivity index (χ3v) is 5.29. The number of aromatic nitrogens is 3. The number of aryl methyl sites for hydroxylation is 1. The van der Waals surface area contributed by atoms with Crippen LogP contribution in [-0.2, 0) is 6.54 Å². The fraction of sp³-hybridized carbons (Fsp3) is 0.368. The number of hydrogen-bond acceptors (Lipinski definition) is 7. The molecule has 0 bridgehead atoms. The molecule has 3 aromatic rings. The van der Waals surface area contributed by atoms with Crippen molar-refractivity contribution in [3.63, 3.8) is 0 Å². The third-order valence-electron chi connectivity index (χ3n) is 5.29. The van der Waals surface area contributed by atoms with Crippen molar-refractivity contribution in [2.45, 2.75) is 13.0 Å². The lowest BCUT2D eigenvalue weighted by molar-refractivity contribution is -0.383. The summed E-state index contributed by atoms with van der Waals surface area (Å²) in [6.07, 6.45) is 4.21. The highest BCUT2D eigenvalue weighted by Crippen LogP contribution is 2.30. The molecule has 2 N–H and O–H groups in total. The first-order valence-electron chi connectivity index (χ1n) is 9.49. The van der Waals surface area contributed by atoms with E-state index >= 15 is 0 Å². The number of piperazine rings is 1. The largest absolute Gasteiger partial charge is 0.378 e. The van der Waals surface area contributed by atoms with Gasteiger partial charge < -0.3 is 15.2 Å².